The van der Waals surface area contributed by atoms with Gasteiger partial charge in [0.05, 0.1) is 5.69 Å². The van der Waals surface area contributed by atoms with Gasteiger partial charge in [-0.2, -0.15) is 0 Å². The maximum atomic E-state index is 4.25. The molecule has 1 rings (SSSR count). The summed E-state index contributed by atoms with van der Waals surface area (Å²) >= 11 is 1.65. The van der Waals surface area contributed by atoms with Crippen molar-refractivity contribution in [2.45, 2.75) is 27.2 Å². The van der Waals surface area contributed by atoms with Crippen molar-refractivity contribution in [2.24, 2.45) is 0 Å². The molecular weight excluding hydrogens is 156 g/mol. The monoisotopic (exact) mass is 172 g/mol. The zero-order valence-electron chi connectivity index (χ0n) is 7.64. The molecular formula is C8H16N2S. The van der Waals surface area contributed by atoms with Gasteiger partial charge in [0, 0.05) is 12.4 Å². The molecule has 0 bridgehead atoms. The van der Waals surface area contributed by atoms with Crippen LogP contribution in [0.15, 0.2) is 5.38 Å². The van der Waals surface area contributed by atoms with Gasteiger partial charge in [0.25, 0.3) is 0 Å². The number of hydrogen-bond donors (Lipinski definition) is 1. The van der Waals surface area contributed by atoms with Gasteiger partial charge in [-0.3, -0.25) is 0 Å². The Kier molecular flexibility index (Phi) is 5.84. The summed E-state index contributed by atoms with van der Waals surface area (Å²) in [4.78, 5) is 4.25. The summed E-state index contributed by atoms with van der Waals surface area (Å²) in [6.45, 7) is 6.11. The second-order valence-electron chi connectivity index (χ2n) is 1.75. The highest BCUT2D eigenvalue weighted by Gasteiger charge is 1.94. The van der Waals surface area contributed by atoms with Gasteiger partial charge in [0.15, 0.2) is 5.13 Å². The quantitative estimate of drug-likeness (QED) is 0.742. The Balaban J connectivity index is 0.000000461. The molecule has 64 valence electrons. The van der Waals surface area contributed by atoms with Crippen molar-refractivity contribution in [2.75, 3.05) is 12.4 Å². The molecule has 0 saturated carbocycles. The van der Waals surface area contributed by atoms with E-state index in [0.717, 1.165) is 11.6 Å². The Morgan fingerprint density at radius 3 is 2.45 bits per heavy atom. The second-order valence-corrected chi connectivity index (χ2v) is 2.61. The molecule has 11 heavy (non-hydrogen) atoms. The van der Waals surface area contributed by atoms with E-state index in [1.54, 1.807) is 11.3 Å². The van der Waals surface area contributed by atoms with Crippen LogP contribution in [0.2, 0.25) is 0 Å². The highest BCUT2D eigenvalue weighted by molar-refractivity contribution is 7.13. The van der Waals surface area contributed by atoms with Crippen LogP contribution in [0.3, 0.4) is 0 Å². The first-order valence-electron chi connectivity index (χ1n) is 3.99. The third-order valence-electron chi connectivity index (χ3n) is 1.13. The zero-order valence-corrected chi connectivity index (χ0v) is 8.46. The Morgan fingerprint density at radius 1 is 1.55 bits per heavy atom. The third kappa shape index (κ3) is 3.37. The smallest absolute Gasteiger partial charge is 0.182 e. The topological polar surface area (TPSA) is 24.9 Å². The fourth-order valence-corrected chi connectivity index (χ4v) is 1.34. The second kappa shape index (κ2) is 6.16. The van der Waals surface area contributed by atoms with Crippen LogP contribution in [0.5, 0.6) is 0 Å². The Bertz CT molecular complexity index is 165. The van der Waals surface area contributed by atoms with Crippen molar-refractivity contribution in [3.8, 4) is 0 Å². The van der Waals surface area contributed by atoms with Crippen molar-refractivity contribution in [1.29, 1.82) is 0 Å². The van der Waals surface area contributed by atoms with E-state index in [1.807, 2.05) is 20.9 Å². The molecule has 2 nitrogen and oxygen atoms in total. The standard InChI is InChI=1S/C6H10N2S.C2H6/c1-3-5-4-9-6(7-2)8-5;1-2/h4H,3H2,1-2H3,(H,7,8);1-2H3. The zero-order chi connectivity index (χ0) is 8.69. The van der Waals surface area contributed by atoms with Crippen molar-refractivity contribution >= 4 is 16.5 Å². The highest BCUT2D eigenvalue weighted by atomic mass is 32.1. The van der Waals surface area contributed by atoms with Gasteiger partial charge < -0.3 is 5.32 Å². The molecule has 0 saturated heterocycles. The van der Waals surface area contributed by atoms with Gasteiger partial charge in [-0.15, -0.1) is 11.3 Å². The van der Waals surface area contributed by atoms with E-state index < -0.39 is 0 Å². The molecule has 0 fully saturated rings. The summed E-state index contributed by atoms with van der Waals surface area (Å²) in [6, 6.07) is 0. The molecule has 0 unspecified atom stereocenters. The summed E-state index contributed by atoms with van der Waals surface area (Å²) < 4.78 is 0. The van der Waals surface area contributed by atoms with Crippen molar-refractivity contribution < 1.29 is 0 Å². The Labute approximate surface area is 72.7 Å². The number of aryl methyl sites for hydroxylation is 1. The van der Waals surface area contributed by atoms with Gasteiger partial charge in [0.1, 0.15) is 0 Å². The van der Waals surface area contributed by atoms with Crippen molar-refractivity contribution in [3.05, 3.63) is 11.1 Å². The van der Waals surface area contributed by atoms with Gasteiger partial charge in [0.2, 0.25) is 0 Å². The Hall–Kier alpha value is -0.570. The summed E-state index contributed by atoms with van der Waals surface area (Å²) in [5, 5.41) is 6.07. The molecule has 0 aliphatic carbocycles. The van der Waals surface area contributed by atoms with E-state index >= 15 is 0 Å². The van der Waals surface area contributed by atoms with E-state index in [-0.39, 0.29) is 0 Å². The average Bonchev–Trinajstić information content (AvgIpc) is 2.55. The summed E-state index contributed by atoms with van der Waals surface area (Å²) in [5.74, 6) is 0. The number of anilines is 1. The van der Waals surface area contributed by atoms with E-state index in [2.05, 4.69) is 22.6 Å². The maximum absolute atomic E-state index is 4.25. The minimum atomic E-state index is 1.01. The minimum absolute atomic E-state index is 1.01. The molecule has 1 aromatic rings. The number of thiazole rings is 1. The van der Waals surface area contributed by atoms with Crippen LogP contribution in [0, 0.1) is 0 Å². The lowest BCUT2D eigenvalue weighted by Gasteiger charge is -1.87. The van der Waals surface area contributed by atoms with Gasteiger partial charge in [-0.1, -0.05) is 20.8 Å². The summed E-state index contributed by atoms with van der Waals surface area (Å²) in [7, 11) is 1.89. The van der Waals surface area contributed by atoms with Crippen LogP contribution in [0.4, 0.5) is 5.13 Å². The van der Waals surface area contributed by atoms with Crippen LogP contribution >= 0.6 is 11.3 Å². The van der Waals surface area contributed by atoms with Crippen LogP contribution in [-0.2, 0) is 6.42 Å². The molecule has 0 aromatic carbocycles. The average molecular weight is 172 g/mol. The van der Waals surface area contributed by atoms with E-state index in [0.29, 0.717) is 0 Å². The first-order chi connectivity index (χ1) is 5.36. The number of aromatic nitrogens is 1. The lowest BCUT2D eigenvalue weighted by molar-refractivity contribution is 1.06. The van der Waals surface area contributed by atoms with Crippen LogP contribution in [0.1, 0.15) is 26.5 Å². The largest absolute Gasteiger partial charge is 0.365 e. The predicted molar refractivity (Wildman–Crippen MR) is 52.4 cm³/mol. The van der Waals surface area contributed by atoms with Crippen molar-refractivity contribution in [1.82, 2.24) is 4.98 Å². The fraction of sp³-hybridized carbons (Fsp3) is 0.625. The molecule has 0 radical (unpaired) electrons. The molecule has 1 aromatic heterocycles. The summed E-state index contributed by atoms with van der Waals surface area (Å²) in [5.41, 5.74) is 1.17. The Morgan fingerprint density at radius 2 is 2.18 bits per heavy atom. The fourth-order valence-electron chi connectivity index (χ4n) is 0.584. The van der Waals surface area contributed by atoms with Crippen LogP contribution < -0.4 is 5.32 Å². The molecule has 3 heteroatoms. The van der Waals surface area contributed by atoms with E-state index in [1.165, 1.54) is 5.69 Å². The van der Waals surface area contributed by atoms with Gasteiger partial charge in [-0.25, -0.2) is 4.98 Å². The normalized spacial score (nSPS) is 8.36. The van der Waals surface area contributed by atoms with Crippen molar-refractivity contribution in [3.63, 3.8) is 0 Å². The number of rotatable bonds is 2. The minimum Gasteiger partial charge on any atom is -0.365 e. The number of nitrogens with zero attached hydrogens (tertiary/aromatic N) is 1. The third-order valence-corrected chi connectivity index (χ3v) is 2.04. The molecule has 0 atom stereocenters. The van der Waals surface area contributed by atoms with E-state index in [9.17, 15) is 0 Å². The SMILES string of the molecule is CC.CCc1csc(NC)n1. The summed E-state index contributed by atoms with van der Waals surface area (Å²) in [6.07, 6.45) is 1.03. The van der Waals surface area contributed by atoms with Crippen LogP contribution in [-0.4, -0.2) is 12.0 Å². The lowest BCUT2D eigenvalue weighted by atomic mass is 10.4. The predicted octanol–water partition coefficient (Wildman–Crippen LogP) is 2.77. The van der Waals surface area contributed by atoms with Gasteiger partial charge in [-0.05, 0) is 6.42 Å². The van der Waals surface area contributed by atoms with Gasteiger partial charge >= 0.3 is 0 Å². The van der Waals surface area contributed by atoms with E-state index in [4.69, 9.17) is 0 Å². The first kappa shape index (κ1) is 10.4. The molecule has 0 amide bonds. The molecule has 0 spiro atoms. The number of nitrogens with one attached hydrogen (secondary N) is 1. The van der Waals surface area contributed by atoms with Crippen LogP contribution in [0.25, 0.3) is 0 Å². The highest BCUT2D eigenvalue weighted by Crippen LogP contribution is 2.13. The molecule has 1 heterocycles. The number of hydrogen-bond acceptors (Lipinski definition) is 3. The molecule has 0 aliphatic rings. The first-order valence-corrected chi connectivity index (χ1v) is 4.87. The lowest BCUT2D eigenvalue weighted by Crippen LogP contribution is -1.86. The molecule has 1 N–H and O–H groups in total. The molecule has 0 aliphatic heterocycles. The maximum Gasteiger partial charge on any atom is 0.182 e.